The summed E-state index contributed by atoms with van der Waals surface area (Å²) in [6.45, 7) is 1.89. The summed E-state index contributed by atoms with van der Waals surface area (Å²) in [7, 11) is 1.32. The molecule has 0 N–H and O–H groups in total. The van der Waals surface area contributed by atoms with Crippen molar-refractivity contribution in [1.82, 2.24) is 0 Å². The molecule has 1 aliphatic heterocycles. The summed E-state index contributed by atoms with van der Waals surface area (Å²) in [6.07, 6.45) is 1.59. The number of aliphatic imine (C=N–C) groups is 1. The lowest BCUT2D eigenvalue weighted by molar-refractivity contribution is -0.129. The average Bonchev–Trinajstić information content (AvgIpc) is 2.98. The normalized spacial score (nSPS) is 15.1. The number of ether oxygens (including phenoxy) is 2. The molecule has 0 aromatic heterocycles. The Morgan fingerprint density at radius 1 is 1.20 bits per heavy atom. The Hall–Kier alpha value is -2.92. The Morgan fingerprint density at radius 2 is 1.92 bits per heavy atom. The zero-order valence-electron chi connectivity index (χ0n) is 13.6. The van der Waals surface area contributed by atoms with Gasteiger partial charge in [-0.25, -0.2) is 14.6 Å². The van der Waals surface area contributed by atoms with Crippen LogP contribution in [0.2, 0.25) is 5.02 Å². The smallest absolute Gasteiger partial charge is 0.363 e. The molecule has 0 spiro atoms. The monoisotopic (exact) mass is 355 g/mol. The molecule has 0 bridgehead atoms. The molecule has 6 heteroatoms. The van der Waals surface area contributed by atoms with E-state index in [4.69, 9.17) is 16.3 Å². The molecular formula is C19H14ClNO4. The third kappa shape index (κ3) is 3.61. The molecule has 0 atom stereocenters. The predicted molar refractivity (Wildman–Crippen MR) is 94.6 cm³/mol. The van der Waals surface area contributed by atoms with Crippen LogP contribution in [0.1, 0.15) is 27.0 Å². The third-order valence-electron chi connectivity index (χ3n) is 3.67. The molecule has 5 nitrogen and oxygen atoms in total. The Labute approximate surface area is 149 Å². The Balaban J connectivity index is 1.87. The topological polar surface area (TPSA) is 65.0 Å². The second-order valence-corrected chi connectivity index (χ2v) is 5.82. The van der Waals surface area contributed by atoms with E-state index in [2.05, 4.69) is 9.73 Å². The number of hydrogen-bond donors (Lipinski definition) is 0. The van der Waals surface area contributed by atoms with Gasteiger partial charge in [0.25, 0.3) is 0 Å². The Kier molecular flexibility index (Phi) is 4.67. The maximum Gasteiger partial charge on any atom is 0.363 e. The minimum absolute atomic E-state index is 0.178. The zero-order valence-corrected chi connectivity index (χ0v) is 14.3. The first kappa shape index (κ1) is 16.9. The number of esters is 2. The Morgan fingerprint density at radius 3 is 2.56 bits per heavy atom. The number of nitrogens with zero attached hydrogens (tertiary/aromatic N) is 1. The van der Waals surface area contributed by atoms with Gasteiger partial charge in [-0.3, -0.25) is 0 Å². The number of aryl methyl sites for hydroxylation is 1. The van der Waals surface area contributed by atoms with Crippen molar-refractivity contribution in [2.24, 2.45) is 4.99 Å². The van der Waals surface area contributed by atoms with E-state index in [1.807, 2.05) is 13.0 Å². The van der Waals surface area contributed by atoms with Crippen LogP contribution in [-0.4, -0.2) is 24.9 Å². The van der Waals surface area contributed by atoms with Crippen LogP contribution < -0.4 is 0 Å². The first-order chi connectivity index (χ1) is 12.0. The highest BCUT2D eigenvalue weighted by atomic mass is 35.5. The SMILES string of the molecule is COC(=O)c1ccc(/C=C2\N=C(c3ccc(C)c(Cl)c3)OC2=O)cc1. The fraction of sp³-hybridized carbons (Fsp3) is 0.105. The number of carbonyl (C=O) groups is 2. The highest BCUT2D eigenvalue weighted by Crippen LogP contribution is 2.23. The van der Waals surface area contributed by atoms with E-state index < -0.39 is 11.9 Å². The fourth-order valence-electron chi connectivity index (χ4n) is 2.25. The van der Waals surface area contributed by atoms with Gasteiger partial charge in [0.2, 0.25) is 5.90 Å². The van der Waals surface area contributed by atoms with Gasteiger partial charge < -0.3 is 9.47 Å². The summed E-state index contributed by atoms with van der Waals surface area (Å²) in [4.78, 5) is 27.7. The van der Waals surface area contributed by atoms with E-state index in [0.29, 0.717) is 21.7 Å². The first-order valence-corrected chi connectivity index (χ1v) is 7.83. The number of cyclic esters (lactones) is 1. The predicted octanol–water partition coefficient (Wildman–Crippen LogP) is 3.78. The van der Waals surface area contributed by atoms with Crippen LogP contribution >= 0.6 is 11.6 Å². The average molecular weight is 356 g/mol. The van der Waals surface area contributed by atoms with E-state index in [1.54, 1.807) is 42.5 Å². The summed E-state index contributed by atoms with van der Waals surface area (Å²) in [5.74, 6) is -0.746. The fourth-order valence-corrected chi connectivity index (χ4v) is 2.43. The van der Waals surface area contributed by atoms with E-state index in [-0.39, 0.29) is 11.6 Å². The minimum Gasteiger partial charge on any atom is -0.465 e. The second-order valence-electron chi connectivity index (χ2n) is 5.41. The highest BCUT2D eigenvalue weighted by Gasteiger charge is 2.24. The summed E-state index contributed by atoms with van der Waals surface area (Å²) in [5, 5.41) is 0.576. The van der Waals surface area contributed by atoms with Gasteiger partial charge in [0.1, 0.15) is 0 Å². The van der Waals surface area contributed by atoms with Crippen molar-refractivity contribution >= 4 is 35.5 Å². The lowest BCUT2D eigenvalue weighted by atomic mass is 10.1. The number of methoxy groups -OCH3 is 1. The minimum atomic E-state index is -0.538. The van der Waals surface area contributed by atoms with Crippen molar-refractivity contribution < 1.29 is 19.1 Å². The highest BCUT2D eigenvalue weighted by molar-refractivity contribution is 6.31. The van der Waals surface area contributed by atoms with Crippen molar-refractivity contribution in [3.8, 4) is 0 Å². The number of carbonyl (C=O) groups excluding carboxylic acids is 2. The number of rotatable bonds is 3. The summed E-state index contributed by atoms with van der Waals surface area (Å²) >= 11 is 6.10. The van der Waals surface area contributed by atoms with E-state index in [9.17, 15) is 9.59 Å². The largest absolute Gasteiger partial charge is 0.465 e. The molecule has 0 saturated carbocycles. The maximum absolute atomic E-state index is 12.0. The lowest BCUT2D eigenvalue weighted by Gasteiger charge is -2.02. The van der Waals surface area contributed by atoms with Crippen LogP contribution in [0.3, 0.4) is 0 Å². The molecule has 0 aliphatic carbocycles. The van der Waals surface area contributed by atoms with Crippen LogP contribution in [0, 0.1) is 6.92 Å². The standard InChI is InChI=1S/C19H14ClNO4/c1-11-3-6-14(10-15(11)20)17-21-16(19(23)25-17)9-12-4-7-13(8-5-12)18(22)24-2/h3-10H,1-2H3/b16-9-. The first-order valence-electron chi connectivity index (χ1n) is 7.45. The molecule has 0 unspecified atom stereocenters. The van der Waals surface area contributed by atoms with Crippen molar-refractivity contribution in [2.45, 2.75) is 6.92 Å². The van der Waals surface area contributed by atoms with Crippen molar-refractivity contribution in [3.05, 3.63) is 75.4 Å². The molecule has 2 aromatic carbocycles. The van der Waals surface area contributed by atoms with Crippen LogP contribution in [0.25, 0.3) is 6.08 Å². The number of hydrogen-bond acceptors (Lipinski definition) is 5. The van der Waals surface area contributed by atoms with Crippen LogP contribution in [0.15, 0.2) is 53.2 Å². The van der Waals surface area contributed by atoms with Crippen molar-refractivity contribution in [2.75, 3.05) is 7.11 Å². The van der Waals surface area contributed by atoms with Gasteiger partial charge in [-0.1, -0.05) is 29.8 Å². The summed E-state index contributed by atoms with van der Waals surface area (Å²) < 4.78 is 9.86. The molecule has 25 heavy (non-hydrogen) atoms. The van der Waals surface area contributed by atoms with Crippen LogP contribution in [0.5, 0.6) is 0 Å². The molecule has 126 valence electrons. The van der Waals surface area contributed by atoms with Gasteiger partial charge in [-0.2, -0.15) is 0 Å². The van der Waals surface area contributed by atoms with Gasteiger partial charge >= 0.3 is 11.9 Å². The van der Waals surface area contributed by atoms with Gasteiger partial charge in [-0.05, 0) is 48.4 Å². The quantitative estimate of drug-likeness (QED) is 0.621. The summed E-state index contributed by atoms with van der Waals surface area (Å²) in [6, 6.07) is 12.0. The van der Waals surface area contributed by atoms with Crippen LogP contribution in [0.4, 0.5) is 0 Å². The summed E-state index contributed by atoms with van der Waals surface area (Å²) in [5.41, 5.74) is 2.88. The number of benzene rings is 2. The van der Waals surface area contributed by atoms with Gasteiger partial charge in [-0.15, -0.1) is 0 Å². The van der Waals surface area contributed by atoms with Gasteiger partial charge in [0.15, 0.2) is 5.70 Å². The molecule has 0 radical (unpaired) electrons. The van der Waals surface area contributed by atoms with E-state index >= 15 is 0 Å². The molecule has 1 heterocycles. The third-order valence-corrected chi connectivity index (χ3v) is 4.08. The molecule has 3 rings (SSSR count). The van der Waals surface area contributed by atoms with Crippen molar-refractivity contribution in [3.63, 3.8) is 0 Å². The molecule has 1 aliphatic rings. The van der Waals surface area contributed by atoms with E-state index in [0.717, 1.165) is 5.56 Å². The van der Waals surface area contributed by atoms with E-state index in [1.165, 1.54) is 7.11 Å². The van der Waals surface area contributed by atoms with Gasteiger partial charge in [0, 0.05) is 10.6 Å². The molecular weight excluding hydrogens is 342 g/mol. The second kappa shape index (κ2) is 6.91. The van der Waals surface area contributed by atoms with Crippen molar-refractivity contribution in [1.29, 1.82) is 0 Å². The van der Waals surface area contributed by atoms with Crippen LogP contribution in [-0.2, 0) is 14.3 Å². The molecule has 2 aromatic rings. The zero-order chi connectivity index (χ0) is 18.0. The lowest BCUT2D eigenvalue weighted by Crippen LogP contribution is -2.05. The molecule has 0 amide bonds. The van der Waals surface area contributed by atoms with Gasteiger partial charge in [0.05, 0.1) is 12.7 Å². The number of halogens is 1. The molecule has 0 fully saturated rings. The maximum atomic E-state index is 12.0. The molecule has 0 saturated heterocycles. The Bertz CT molecular complexity index is 914.